The maximum atomic E-state index is 12.2. The summed E-state index contributed by atoms with van der Waals surface area (Å²) in [5.41, 5.74) is 3.47. The van der Waals surface area contributed by atoms with Crippen molar-refractivity contribution in [1.29, 1.82) is 0 Å². The summed E-state index contributed by atoms with van der Waals surface area (Å²) in [7, 11) is 0. The van der Waals surface area contributed by atoms with Gasteiger partial charge in [-0.25, -0.2) is 19.0 Å². The van der Waals surface area contributed by atoms with Gasteiger partial charge in [0.05, 0.1) is 5.69 Å². The van der Waals surface area contributed by atoms with Crippen LogP contribution in [0.2, 0.25) is 0 Å². The SMILES string of the molecule is Cc1cc(C)n2nc(C(=O)OCc3ccc(-n4cccn4)cc3)nc2n1. The van der Waals surface area contributed by atoms with E-state index in [1.165, 1.54) is 4.52 Å². The molecule has 4 aromatic rings. The highest BCUT2D eigenvalue weighted by Gasteiger charge is 2.16. The second-order valence-electron chi connectivity index (χ2n) is 5.88. The first-order valence-electron chi connectivity index (χ1n) is 8.07. The highest BCUT2D eigenvalue weighted by atomic mass is 16.5. The quantitative estimate of drug-likeness (QED) is 0.526. The number of fused-ring (bicyclic) bond motifs is 1. The van der Waals surface area contributed by atoms with Gasteiger partial charge in [-0.2, -0.15) is 10.1 Å². The molecule has 0 fully saturated rings. The third-order valence-electron chi connectivity index (χ3n) is 3.88. The molecule has 0 unspecified atom stereocenters. The van der Waals surface area contributed by atoms with E-state index in [0.717, 1.165) is 22.6 Å². The summed E-state index contributed by atoms with van der Waals surface area (Å²) in [4.78, 5) is 20.6. The van der Waals surface area contributed by atoms with Gasteiger partial charge in [0.25, 0.3) is 11.6 Å². The van der Waals surface area contributed by atoms with Gasteiger partial charge in [0, 0.05) is 23.8 Å². The van der Waals surface area contributed by atoms with E-state index < -0.39 is 5.97 Å². The Kier molecular flexibility index (Phi) is 3.92. The molecule has 0 amide bonds. The number of carbonyl (C=O) groups is 1. The average molecular weight is 348 g/mol. The minimum Gasteiger partial charge on any atom is -0.455 e. The molecule has 0 bridgehead atoms. The van der Waals surface area contributed by atoms with Crippen LogP contribution in [0.3, 0.4) is 0 Å². The summed E-state index contributed by atoms with van der Waals surface area (Å²) in [6.45, 7) is 3.89. The van der Waals surface area contributed by atoms with Gasteiger partial charge in [0.2, 0.25) is 0 Å². The van der Waals surface area contributed by atoms with Crippen molar-refractivity contribution >= 4 is 11.7 Å². The fourth-order valence-corrected chi connectivity index (χ4v) is 2.63. The van der Waals surface area contributed by atoms with Gasteiger partial charge in [-0.1, -0.05) is 12.1 Å². The van der Waals surface area contributed by atoms with Crippen molar-refractivity contribution in [3.8, 4) is 5.69 Å². The first-order valence-corrected chi connectivity index (χ1v) is 8.07. The molecule has 0 aliphatic carbocycles. The van der Waals surface area contributed by atoms with Crippen LogP contribution in [0.15, 0.2) is 48.8 Å². The lowest BCUT2D eigenvalue weighted by atomic mass is 10.2. The third kappa shape index (κ3) is 3.04. The number of rotatable bonds is 4. The molecule has 8 nitrogen and oxygen atoms in total. The molecular weight excluding hydrogens is 332 g/mol. The van der Waals surface area contributed by atoms with Gasteiger partial charge >= 0.3 is 5.97 Å². The Morgan fingerprint density at radius 2 is 1.96 bits per heavy atom. The van der Waals surface area contributed by atoms with E-state index in [0.29, 0.717) is 5.78 Å². The van der Waals surface area contributed by atoms with Gasteiger partial charge in [0.1, 0.15) is 6.61 Å². The van der Waals surface area contributed by atoms with E-state index in [-0.39, 0.29) is 12.4 Å². The minimum absolute atomic E-state index is 0.000591. The van der Waals surface area contributed by atoms with Crippen LogP contribution in [0.5, 0.6) is 0 Å². The van der Waals surface area contributed by atoms with Crippen LogP contribution in [-0.2, 0) is 11.3 Å². The van der Waals surface area contributed by atoms with Crippen molar-refractivity contribution in [2.75, 3.05) is 0 Å². The van der Waals surface area contributed by atoms with Gasteiger partial charge in [0.15, 0.2) is 0 Å². The molecule has 4 rings (SSSR count). The van der Waals surface area contributed by atoms with Crippen LogP contribution >= 0.6 is 0 Å². The first kappa shape index (κ1) is 15.9. The number of aromatic nitrogens is 6. The number of hydrogen-bond acceptors (Lipinski definition) is 6. The molecular formula is C18H16N6O2. The summed E-state index contributed by atoms with van der Waals surface area (Å²) >= 11 is 0. The van der Waals surface area contributed by atoms with Crippen molar-refractivity contribution in [2.24, 2.45) is 0 Å². The molecule has 130 valence electrons. The summed E-state index contributed by atoms with van der Waals surface area (Å²) in [5, 5.41) is 8.34. The molecule has 0 spiro atoms. The molecule has 0 aliphatic heterocycles. The zero-order valence-corrected chi connectivity index (χ0v) is 14.3. The fraction of sp³-hybridized carbons (Fsp3) is 0.167. The van der Waals surface area contributed by atoms with E-state index in [2.05, 4.69) is 20.2 Å². The maximum absolute atomic E-state index is 12.2. The Labute approximate surface area is 149 Å². The lowest BCUT2D eigenvalue weighted by Gasteiger charge is -2.05. The lowest BCUT2D eigenvalue weighted by molar-refractivity contribution is 0.0458. The molecule has 8 heteroatoms. The van der Waals surface area contributed by atoms with Crippen LogP contribution in [0.1, 0.15) is 27.6 Å². The van der Waals surface area contributed by atoms with Crippen LogP contribution in [0, 0.1) is 13.8 Å². The smallest absolute Gasteiger partial charge is 0.378 e. The van der Waals surface area contributed by atoms with E-state index in [9.17, 15) is 4.79 Å². The summed E-state index contributed by atoms with van der Waals surface area (Å²) < 4.78 is 8.60. The second kappa shape index (κ2) is 6.40. The molecule has 3 aromatic heterocycles. The largest absolute Gasteiger partial charge is 0.455 e. The number of aryl methyl sites for hydroxylation is 2. The number of carbonyl (C=O) groups excluding carboxylic acids is 1. The molecule has 0 aliphatic rings. The third-order valence-corrected chi connectivity index (χ3v) is 3.88. The van der Waals surface area contributed by atoms with Crippen molar-refractivity contribution in [3.63, 3.8) is 0 Å². The normalized spacial score (nSPS) is 11.0. The summed E-state index contributed by atoms with van der Waals surface area (Å²) in [6, 6.07) is 11.3. The molecule has 0 radical (unpaired) electrons. The topological polar surface area (TPSA) is 87.2 Å². The Bertz CT molecular complexity index is 1070. The van der Waals surface area contributed by atoms with Crippen molar-refractivity contribution in [2.45, 2.75) is 20.5 Å². The highest BCUT2D eigenvalue weighted by molar-refractivity contribution is 5.85. The molecule has 3 heterocycles. The first-order chi connectivity index (χ1) is 12.6. The predicted molar refractivity (Wildman–Crippen MR) is 92.9 cm³/mol. The predicted octanol–water partition coefficient (Wildman–Crippen LogP) is 2.28. The Hall–Kier alpha value is -3.55. The van der Waals surface area contributed by atoms with Crippen molar-refractivity contribution in [1.82, 2.24) is 29.4 Å². The van der Waals surface area contributed by atoms with Crippen LogP contribution < -0.4 is 0 Å². The van der Waals surface area contributed by atoms with Gasteiger partial charge < -0.3 is 4.74 Å². The molecule has 0 atom stereocenters. The van der Waals surface area contributed by atoms with E-state index in [1.807, 2.05) is 56.4 Å². The monoisotopic (exact) mass is 348 g/mol. The molecule has 0 saturated heterocycles. The summed E-state index contributed by atoms with van der Waals surface area (Å²) in [5.74, 6) is -0.193. The van der Waals surface area contributed by atoms with Gasteiger partial charge in [-0.15, -0.1) is 5.10 Å². The Balaban J connectivity index is 1.46. The number of nitrogens with zero attached hydrogens (tertiary/aromatic N) is 6. The maximum Gasteiger partial charge on any atom is 0.378 e. The standard InChI is InChI=1S/C18H16N6O2/c1-12-10-13(2)24-18(20-12)21-16(22-24)17(25)26-11-14-4-6-15(7-5-14)23-9-3-8-19-23/h3-10H,11H2,1-2H3. The average Bonchev–Trinajstić information content (AvgIpc) is 3.30. The fourth-order valence-electron chi connectivity index (χ4n) is 2.63. The number of benzene rings is 1. The van der Waals surface area contributed by atoms with Crippen molar-refractivity contribution < 1.29 is 9.53 Å². The van der Waals surface area contributed by atoms with Crippen molar-refractivity contribution in [3.05, 3.63) is 71.6 Å². The number of ether oxygens (including phenoxy) is 1. The molecule has 0 N–H and O–H groups in total. The Morgan fingerprint density at radius 3 is 2.69 bits per heavy atom. The highest BCUT2D eigenvalue weighted by Crippen LogP contribution is 2.11. The zero-order valence-electron chi connectivity index (χ0n) is 14.3. The van der Waals surface area contributed by atoms with Gasteiger partial charge in [-0.3, -0.25) is 0 Å². The van der Waals surface area contributed by atoms with Crippen LogP contribution in [0.25, 0.3) is 11.5 Å². The zero-order chi connectivity index (χ0) is 18.1. The number of hydrogen-bond donors (Lipinski definition) is 0. The van der Waals surface area contributed by atoms with E-state index in [1.54, 1.807) is 10.9 Å². The van der Waals surface area contributed by atoms with E-state index >= 15 is 0 Å². The minimum atomic E-state index is -0.580. The second-order valence-corrected chi connectivity index (χ2v) is 5.88. The van der Waals surface area contributed by atoms with Gasteiger partial charge in [-0.05, 0) is 43.7 Å². The molecule has 0 saturated carbocycles. The van der Waals surface area contributed by atoms with Crippen LogP contribution in [-0.4, -0.2) is 35.3 Å². The lowest BCUT2D eigenvalue weighted by Crippen LogP contribution is -2.08. The number of esters is 1. The Morgan fingerprint density at radius 1 is 1.15 bits per heavy atom. The molecule has 1 aromatic carbocycles. The van der Waals surface area contributed by atoms with E-state index in [4.69, 9.17) is 4.74 Å². The summed E-state index contributed by atoms with van der Waals surface area (Å²) in [6.07, 6.45) is 3.58. The molecule has 26 heavy (non-hydrogen) atoms. The van der Waals surface area contributed by atoms with Crippen LogP contribution in [0.4, 0.5) is 0 Å².